The molecule has 4 aromatic rings. The Balaban J connectivity index is 1.31. The highest BCUT2D eigenvalue weighted by molar-refractivity contribution is 7.99. The Morgan fingerprint density at radius 3 is 2.76 bits per heavy atom. The number of thiophene rings is 1. The topological polar surface area (TPSA) is 102 Å². The molecular weight excluding hydrogens is 458 g/mol. The van der Waals surface area contributed by atoms with Crippen LogP contribution < -0.4 is 15.6 Å². The number of carbonyl (C=O) groups excluding carboxylic acids is 1. The zero-order valence-corrected chi connectivity index (χ0v) is 20.5. The molecule has 0 aliphatic carbocycles. The summed E-state index contributed by atoms with van der Waals surface area (Å²) in [6, 6.07) is 9.45. The summed E-state index contributed by atoms with van der Waals surface area (Å²) in [5.41, 5.74) is 2.52. The molecule has 1 unspecified atom stereocenters. The molecule has 0 radical (unpaired) electrons. The molecule has 0 bridgehead atoms. The molecule has 0 saturated heterocycles. The van der Waals surface area contributed by atoms with Crippen LogP contribution >= 0.6 is 23.1 Å². The molecule has 1 aromatic carbocycles. The normalized spacial score (nSPS) is 12.1. The van der Waals surface area contributed by atoms with E-state index in [9.17, 15) is 9.59 Å². The van der Waals surface area contributed by atoms with Crippen molar-refractivity contribution < 1.29 is 9.53 Å². The number of nitrogens with zero attached hydrogens (tertiary/aromatic N) is 3. The van der Waals surface area contributed by atoms with Crippen molar-refractivity contribution in [3.05, 3.63) is 68.8 Å². The van der Waals surface area contributed by atoms with Crippen LogP contribution in [-0.2, 0) is 17.1 Å². The Labute approximate surface area is 199 Å². The Kier molecular flexibility index (Phi) is 6.85. The molecule has 33 heavy (non-hydrogen) atoms. The van der Waals surface area contributed by atoms with Gasteiger partial charge >= 0.3 is 0 Å². The van der Waals surface area contributed by atoms with Crippen LogP contribution in [0.4, 0.5) is 0 Å². The van der Waals surface area contributed by atoms with Gasteiger partial charge in [-0.15, -0.1) is 23.1 Å². The van der Waals surface area contributed by atoms with Gasteiger partial charge in [0.05, 0.1) is 41.4 Å². The molecule has 1 amide bonds. The van der Waals surface area contributed by atoms with Crippen molar-refractivity contribution in [2.75, 3.05) is 7.11 Å². The number of aromatic nitrogens is 4. The van der Waals surface area contributed by atoms with Gasteiger partial charge in [-0.25, -0.2) is 9.67 Å². The predicted octanol–water partition coefficient (Wildman–Crippen LogP) is 3.73. The highest BCUT2D eigenvalue weighted by Crippen LogP contribution is 2.26. The number of aryl methyl sites for hydroxylation is 2. The zero-order chi connectivity index (χ0) is 23.5. The van der Waals surface area contributed by atoms with Crippen molar-refractivity contribution in [1.82, 2.24) is 25.1 Å². The summed E-state index contributed by atoms with van der Waals surface area (Å²) in [6.45, 7) is 6.10. The standard InChI is InChI=1S/C23H25N5O3S2/c1-13-14(2)33-23-20(13)22(30)25-19(26-23)12-32-15(3)21(29)24-11-16-9-10-28(27-16)17-5-7-18(31-4)8-6-17/h5-10,15H,11-12H2,1-4H3,(H,24,29)(H,25,26,30). The van der Waals surface area contributed by atoms with Crippen molar-refractivity contribution in [3.8, 4) is 11.4 Å². The molecule has 4 rings (SSSR count). The first-order valence-electron chi connectivity index (χ1n) is 10.4. The Bertz CT molecular complexity index is 1340. The van der Waals surface area contributed by atoms with E-state index in [1.807, 2.05) is 57.3 Å². The van der Waals surface area contributed by atoms with Crippen LogP contribution in [0.25, 0.3) is 15.9 Å². The van der Waals surface area contributed by atoms with Gasteiger partial charge in [0.25, 0.3) is 5.56 Å². The number of aromatic amines is 1. The van der Waals surface area contributed by atoms with Crippen LogP contribution in [0.15, 0.2) is 41.3 Å². The molecule has 0 saturated carbocycles. The van der Waals surface area contributed by atoms with Gasteiger partial charge in [0, 0.05) is 11.1 Å². The minimum Gasteiger partial charge on any atom is -0.497 e. The minimum absolute atomic E-state index is 0.0924. The largest absolute Gasteiger partial charge is 0.497 e. The first-order chi connectivity index (χ1) is 15.9. The van der Waals surface area contributed by atoms with Crippen molar-refractivity contribution in [1.29, 1.82) is 0 Å². The Hall–Kier alpha value is -3.11. The number of nitrogens with one attached hydrogen (secondary N) is 2. The average molecular weight is 484 g/mol. The van der Waals surface area contributed by atoms with E-state index >= 15 is 0 Å². The van der Waals surface area contributed by atoms with Crippen molar-refractivity contribution in [2.24, 2.45) is 0 Å². The SMILES string of the molecule is COc1ccc(-n2ccc(CNC(=O)C(C)SCc3nc4sc(C)c(C)c4c(=O)[nH]3)n2)cc1. The quantitative estimate of drug-likeness (QED) is 0.396. The first-order valence-corrected chi connectivity index (χ1v) is 12.3. The van der Waals surface area contributed by atoms with Gasteiger partial charge in [-0.3, -0.25) is 9.59 Å². The third kappa shape index (κ3) is 5.12. The number of carbonyl (C=O) groups is 1. The number of amides is 1. The van der Waals surface area contributed by atoms with Crippen LogP contribution in [0.5, 0.6) is 5.75 Å². The number of hydrogen-bond donors (Lipinski definition) is 2. The van der Waals surface area contributed by atoms with E-state index in [2.05, 4.69) is 20.4 Å². The lowest BCUT2D eigenvalue weighted by Gasteiger charge is -2.11. The summed E-state index contributed by atoms with van der Waals surface area (Å²) in [5.74, 6) is 1.72. The number of methoxy groups -OCH3 is 1. The fourth-order valence-corrected chi connectivity index (χ4v) is 5.13. The zero-order valence-electron chi connectivity index (χ0n) is 18.8. The van der Waals surface area contributed by atoms with Crippen LogP contribution in [0.3, 0.4) is 0 Å². The number of rotatable bonds is 8. The lowest BCUT2D eigenvalue weighted by atomic mass is 10.2. The van der Waals surface area contributed by atoms with Gasteiger partial charge in [0.2, 0.25) is 5.91 Å². The third-order valence-electron chi connectivity index (χ3n) is 5.35. The molecule has 0 aliphatic heterocycles. The van der Waals surface area contributed by atoms with Crippen LogP contribution in [0, 0.1) is 13.8 Å². The number of benzene rings is 1. The van der Waals surface area contributed by atoms with Crippen LogP contribution in [0.2, 0.25) is 0 Å². The van der Waals surface area contributed by atoms with Crippen molar-refractivity contribution in [3.63, 3.8) is 0 Å². The fourth-order valence-electron chi connectivity index (χ4n) is 3.30. The molecule has 1 atom stereocenters. The van der Waals surface area contributed by atoms with E-state index in [1.54, 1.807) is 11.8 Å². The summed E-state index contributed by atoms with van der Waals surface area (Å²) in [6.07, 6.45) is 1.85. The second-order valence-corrected chi connectivity index (χ2v) is 10.1. The Morgan fingerprint density at radius 1 is 1.27 bits per heavy atom. The van der Waals surface area contributed by atoms with Gasteiger partial charge < -0.3 is 15.0 Å². The van der Waals surface area contributed by atoms with E-state index in [1.165, 1.54) is 23.1 Å². The van der Waals surface area contributed by atoms with Crippen LogP contribution in [-0.4, -0.2) is 38.0 Å². The average Bonchev–Trinajstić information content (AvgIpc) is 3.40. The number of H-pyrrole nitrogens is 1. The van der Waals surface area contributed by atoms with Gasteiger partial charge in [-0.05, 0) is 56.7 Å². The highest BCUT2D eigenvalue weighted by Gasteiger charge is 2.16. The summed E-state index contributed by atoms with van der Waals surface area (Å²) < 4.78 is 6.93. The highest BCUT2D eigenvalue weighted by atomic mass is 32.2. The first kappa shape index (κ1) is 23.1. The molecular formula is C23H25N5O3S2. The van der Waals surface area contributed by atoms with Crippen molar-refractivity contribution >= 4 is 39.2 Å². The maximum absolute atomic E-state index is 12.5. The number of thioether (sulfide) groups is 1. The molecule has 172 valence electrons. The van der Waals surface area contributed by atoms with E-state index in [-0.39, 0.29) is 16.7 Å². The summed E-state index contributed by atoms with van der Waals surface area (Å²) in [5, 5.41) is 7.79. The third-order valence-corrected chi connectivity index (χ3v) is 7.61. The van der Waals surface area contributed by atoms with Gasteiger partial charge in [-0.1, -0.05) is 0 Å². The van der Waals surface area contributed by atoms with Gasteiger partial charge in [0.15, 0.2) is 0 Å². The maximum atomic E-state index is 12.5. The fraction of sp³-hybridized carbons (Fsp3) is 0.304. The Morgan fingerprint density at radius 2 is 2.03 bits per heavy atom. The maximum Gasteiger partial charge on any atom is 0.259 e. The number of hydrogen-bond acceptors (Lipinski definition) is 7. The van der Waals surface area contributed by atoms with Crippen LogP contribution in [0.1, 0.15) is 28.9 Å². The number of fused-ring (bicyclic) bond motifs is 1. The molecule has 10 heteroatoms. The lowest BCUT2D eigenvalue weighted by molar-refractivity contribution is -0.120. The molecule has 0 aliphatic rings. The molecule has 3 aromatic heterocycles. The molecule has 0 fully saturated rings. The van der Waals surface area contributed by atoms with E-state index in [4.69, 9.17) is 4.74 Å². The second kappa shape index (κ2) is 9.80. The molecule has 2 N–H and O–H groups in total. The molecule has 0 spiro atoms. The molecule has 8 nitrogen and oxygen atoms in total. The van der Waals surface area contributed by atoms with Gasteiger partial charge in [0.1, 0.15) is 16.4 Å². The summed E-state index contributed by atoms with van der Waals surface area (Å²) in [4.78, 5) is 34.2. The van der Waals surface area contributed by atoms with Crippen molar-refractivity contribution in [2.45, 2.75) is 38.3 Å². The minimum atomic E-state index is -0.304. The lowest BCUT2D eigenvalue weighted by Crippen LogP contribution is -2.30. The predicted molar refractivity (Wildman–Crippen MR) is 132 cm³/mol. The molecule has 3 heterocycles. The van der Waals surface area contributed by atoms with E-state index in [0.29, 0.717) is 23.5 Å². The van der Waals surface area contributed by atoms with E-state index in [0.717, 1.165) is 32.4 Å². The van der Waals surface area contributed by atoms with Gasteiger partial charge in [-0.2, -0.15) is 5.10 Å². The second-order valence-electron chi connectivity index (χ2n) is 7.60. The van der Waals surface area contributed by atoms with E-state index < -0.39 is 0 Å². The monoisotopic (exact) mass is 483 g/mol. The number of ether oxygens (including phenoxy) is 1. The summed E-state index contributed by atoms with van der Waals surface area (Å²) >= 11 is 2.95. The summed E-state index contributed by atoms with van der Waals surface area (Å²) in [7, 11) is 1.63. The smallest absolute Gasteiger partial charge is 0.259 e.